The summed E-state index contributed by atoms with van der Waals surface area (Å²) in [6.07, 6.45) is 1.10. The van der Waals surface area contributed by atoms with E-state index in [2.05, 4.69) is 15.6 Å². The van der Waals surface area contributed by atoms with Crippen molar-refractivity contribution in [1.82, 2.24) is 21.3 Å². The fourth-order valence-electron chi connectivity index (χ4n) is 10.1. The van der Waals surface area contributed by atoms with Gasteiger partial charge in [0.05, 0.1) is 32.1 Å². The summed E-state index contributed by atoms with van der Waals surface area (Å²) in [5, 5.41) is 59.7. The van der Waals surface area contributed by atoms with Crippen molar-refractivity contribution >= 4 is 59.1 Å². The van der Waals surface area contributed by atoms with Crippen LogP contribution < -0.4 is 32.7 Å². The maximum absolute atomic E-state index is 17.5. The molecule has 0 aromatic heterocycles. The molecular weight excluding hydrogens is 849 g/mol. The first-order valence-electron chi connectivity index (χ1n) is 20.9. The molecule has 0 aromatic carbocycles. The third kappa shape index (κ3) is 10.4. The van der Waals surface area contributed by atoms with Gasteiger partial charge in [0.15, 0.2) is 24.0 Å². The second-order valence-electron chi connectivity index (χ2n) is 17.3. The number of aliphatic hydroxyl groups excluding tert-OH is 2. The Balaban J connectivity index is 1.34. The number of carbonyl (C=O) groups is 9. The SMILES string of the molecule is C[C@@H]1C[C@H]2[C@@H]3CCC4=CC(=O)C=C[C@]4(C)[C@@]3(F)[C@@H](O)C[C@]2(C)[C@@]1(O)C(=O)COC(=O)CCC(=O)N[C@@H](CCCN=C(N)N)C(=O)NCC(=O)N[C@@H](CC(=O)O)C(=O)N[C@@H](CO)C(=O)O. The number of carbonyl (C=O) groups excluding carboxylic acids is 7. The molecule has 4 rings (SSSR count). The van der Waals surface area contributed by atoms with Crippen LogP contribution in [0.5, 0.6) is 0 Å². The number of halogens is 1. The zero-order valence-corrected chi connectivity index (χ0v) is 35.8. The highest BCUT2D eigenvalue weighted by molar-refractivity contribution is 6.01. The first-order chi connectivity index (χ1) is 29.8. The number of ether oxygens (including phenoxy) is 1. The van der Waals surface area contributed by atoms with Crippen LogP contribution in [0.25, 0.3) is 0 Å². The van der Waals surface area contributed by atoms with E-state index in [0.29, 0.717) is 12.0 Å². The minimum atomic E-state index is -2.19. The number of alkyl halides is 1. The van der Waals surface area contributed by atoms with Gasteiger partial charge in [-0.1, -0.05) is 25.5 Å². The monoisotopic (exact) mass is 907 g/mol. The fraction of sp³-hybridized carbons (Fsp3) is 0.659. The van der Waals surface area contributed by atoms with Crippen LogP contribution in [0.2, 0.25) is 0 Å². The van der Waals surface area contributed by atoms with Gasteiger partial charge in [-0.15, -0.1) is 0 Å². The third-order valence-electron chi connectivity index (χ3n) is 13.4. The number of nitrogens with zero attached hydrogens (tertiary/aromatic N) is 1. The summed E-state index contributed by atoms with van der Waals surface area (Å²) in [5.74, 6) is -11.7. The van der Waals surface area contributed by atoms with Gasteiger partial charge in [0.25, 0.3) is 0 Å². The predicted octanol–water partition coefficient (Wildman–Crippen LogP) is -2.60. The summed E-state index contributed by atoms with van der Waals surface area (Å²) in [6, 6.07) is -4.96. The molecule has 0 unspecified atom stereocenters. The Morgan fingerprint density at radius 2 is 1.64 bits per heavy atom. The third-order valence-corrected chi connectivity index (χ3v) is 13.4. The summed E-state index contributed by atoms with van der Waals surface area (Å²) in [4.78, 5) is 116. The van der Waals surface area contributed by atoms with Crippen LogP contribution in [0.3, 0.4) is 0 Å². The zero-order chi connectivity index (χ0) is 47.9. The highest BCUT2D eigenvalue weighted by Gasteiger charge is 2.75. The highest BCUT2D eigenvalue weighted by atomic mass is 19.1. The molecule has 11 atom stereocenters. The van der Waals surface area contributed by atoms with E-state index >= 15 is 4.39 Å². The number of ketones is 2. The van der Waals surface area contributed by atoms with E-state index in [9.17, 15) is 58.5 Å². The van der Waals surface area contributed by atoms with Crippen LogP contribution in [0.1, 0.15) is 78.6 Å². The van der Waals surface area contributed by atoms with E-state index in [0.717, 1.165) is 0 Å². The second kappa shape index (κ2) is 20.4. The Kier molecular flexibility index (Phi) is 16.2. The lowest BCUT2D eigenvalue weighted by Gasteiger charge is -2.62. The van der Waals surface area contributed by atoms with Gasteiger partial charge in [0, 0.05) is 29.7 Å². The number of carboxylic acid groups (broad SMARTS) is 2. The van der Waals surface area contributed by atoms with Gasteiger partial charge < -0.3 is 63.0 Å². The molecule has 4 aliphatic carbocycles. The molecule has 3 saturated carbocycles. The van der Waals surface area contributed by atoms with E-state index in [1.807, 2.05) is 10.6 Å². The Morgan fingerprint density at radius 1 is 0.969 bits per heavy atom. The molecule has 354 valence electrons. The number of carboxylic acids is 2. The summed E-state index contributed by atoms with van der Waals surface area (Å²) in [7, 11) is 0. The summed E-state index contributed by atoms with van der Waals surface area (Å²) in [6.45, 7) is 2.17. The number of nitrogens with one attached hydrogen (secondary N) is 4. The first-order valence-corrected chi connectivity index (χ1v) is 20.9. The van der Waals surface area contributed by atoms with E-state index in [-0.39, 0.29) is 50.4 Å². The minimum Gasteiger partial charge on any atom is -0.481 e. The molecule has 0 aliphatic heterocycles. The molecule has 4 amide bonds. The van der Waals surface area contributed by atoms with Crippen LogP contribution in [0.15, 0.2) is 28.8 Å². The van der Waals surface area contributed by atoms with Crippen molar-refractivity contribution in [1.29, 1.82) is 0 Å². The van der Waals surface area contributed by atoms with Crippen LogP contribution in [-0.2, 0) is 47.9 Å². The molecule has 0 heterocycles. The number of guanidine groups is 1. The lowest BCUT2D eigenvalue weighted by molar-refractivity contribution is -0.220. The predicted molar refractivity (Wildman–Crippen MR) is 219 cm³/mol. The van der Waals surface area contributed by atoms with E-state index in [1.54, 1.807) is 20.8 Å². The number of amides is 4. The molecule has 0 saturated heterocycles. The minimum absolute atomic E-state index is 0.0240. The molecule has 23 heteroatoms. The lowest BCUT2D eigenvalue weighted by Crippen LogP contribution is -2.69. The Bertz CT molecular complexity index is 1990. The first kappa shape index (κ1) is 50.8. The van der Waals surface area contributed by atoms with Gasteiger partial charge >= 0.3 is 17.9 Å². The molecule has 22 nitrogen and oxygen atoms in total. The number of aliphatic imine (C=N–C) groups is 1. The number of rotatable bonds is 21. The number of aliphatic hydroxyl groups is 3. The van der Waals surface area contributed by atoms with Crippen LogP contribution >= 0.6 is 0 Å². The summed E-state index contributed by atoms with van der Waals surface area (Å²) in [5.41, 5.74) is 4.35. The average molecular weight is 908 g/mol. The molecule has 0 radical (unpaired) electrons. The number of hydrogen-bond acceptors (Lipinski definition) is 14. The molecule has 4 aliphatic rings. The summed E-state index contributed by atoms with van der Waals surface area (Å²) < 4.78 is 22.7. The number of esters is 1. The molecular formula is C41H58FN7O15. The van der Waals surface area contributed by atoms with Crippen LogP contribution in [-0.4, -0.2) is 146 Å². The van der Waals surface area contributed by atoms with Crippen molar-refractivity contribution in [2.24, 2.45) is 45.0 Å². The van der Waals surface area contributed by atoms with Gasteiger partial charge in [-0.2, -0.15) is 0 Å². The number of fused-ring (bicyclic) bond motifs is 5. The lowest BCUT2D eigenvalue weighted by atomic mass is 9.44. The maximum atomic E-state index is 17.5. The zero-order valence-electron chi connectivity index (χ0n) is 35.8. The van der Waals surface area contributed by atoms with Gasteiger partial charge in [-0.3, -0.25) is 43.3 Å². The number of Topliss-reactive ketones (excluding diaryl/α,β-unsaturated/α-hetero) is 1. The molecule has 0 spiro atoms. The average Bonchev–Trinajstić information content (AvgIpc) is 3.42. The van der Waals surface area contributed by atoms with Crippen molar-refractivity contribution in [2.45, 2.75) is 114 Å². The van der Waals surface area contributed by atoms with Crippen molar-refractivity contribution in [2.75, 3.05) is 26.3 Å². The smallest absolute Gasteiger partial charge is 0.328 e. The number of aliphatic carboxylic acids is 2. The molecule has 0 aromatic rings. The van der Waals surface area contributed by atoms with Crippen molar-refractivity contribution < 1.29 is 77.8 Å². The topological polar surface area (TPSA) is 377 Å². The molecule has 3 fully saturated rings. The number of nitrogens with two attached hydrogens (primary N) is 2. The normalized spacial score (nSPS) is 30.4. The molecule has 13 N–H and O–H groups in total. The van der Waals surface area contributed by atoms with E-state index in [1.165, 1.54) is 18.2 Å². The largest absolute Gasteiger partial charge is 0.481 e. The summed E-state index contributed by atoms with van der Waals surface area (Å²) >= 11 is 0. The van der Waals surface area contributed by atoms with Crippen LogP contribution in [0, 0.1) is 28.6 Å². The van der Waals surface area contributed by atoms with Crippen molar-refractivity contribution in [3.8, 4) is 0 Å². The van der Waals surface area contributed by atoms with Gasteiger partial charge in [0.2, 0.25) is 29.4 Å². The molecule has 0 bridgehead atoms. The Hall–Kier alpha value is -5.81. The second-order valence-corrected chi connectivity index (χ2v) is 17.3. The number of hydrogen-bond donors (Lipinski definition) is 11. The van der Waals surface area contributed by atoms with Gasteiger partial charge in [-0.25, -0.2) is 9.18 Å². The van der Waals surface area contributed by atoms with Gasteiger partial charge in [-0.05, 0) is 69.4 Å². The number of allylic oxidation sites excluding steroid dienone is 4. The van der Waals surface area contributed by atoms with Crippen LogP contribution in [0.4, 0.5) is 4.39 Å². The fourth-order valence-corrected chi connectivity index (χ4v) is 10.1. The van der Waals surface area contributed by atoms with E-state index in [4.69, 9.17) is 26.4 Å². The van der Waals surface area contributed by atoms with Crippen molar-refractivity contribution in [3.63, 3.8) is 0 Å². The maximum Gasteiger partial charge on any atom is 0.328 e. The quantitative estimate of drug-likeness (QED) is 0.0243. The Morgan fingerprint density at radius 3 is 2.27 bits per heavy atom. The highest BCUT2D eigenvalue weighted by Crippen LogP contribution is 2.70. The standard InChI is InChI=1S/C41H58FN7O15/c1-20-13-24-23-7-6-21-14-22(51)10-11-38(21,2)40(23,42)28(52)16-39(24,3)41(20,63)29(53)19-64-33(58)9-8-30(54)47-25(5-4-12-45-37(43)44)34(59)46-17-31(55)48-26(15-32(56)57)35(60)49-27(18-50)36(61)62/h10-11,14,20,23-28,50,52,63H,4-9,12-13,15-19H2,1-3H3,(H,46,59)(H,47,54)(H,48,55)(H,49,60)(H,56,57)(H,61,62)(H4,43,44,45)/t20-,23+,24+,25+,26+,27+,28+,38+,39+,40+,41+/m1/s1. The van der Waals surface area contributed by atoms with Gasteiger partial charge in [0.1, 0.15) is 23.7 Å². The van der Waals surface area contributed by atoms with Crippen molar-refractivity contribution in [3.05, 3.63) is 23.8 Å². The molecule has 64 heavy (non-hydrogen) atoms. The van der Waals surface area contributed by atoms with E-state index < -0.39 is 150 Å². The Labute approximate surface area is 366 Å².